The molecule has 0 spiro atoms. The summed E-state index contributed by atoms with van der Waals surface area (Å²) in [4.78, 5) is 58.4. The molecule has 0 aromatic rings. The normalized spacial score (nSPS) is 37.9. The first-order valence-electron chi connectivity index (χ1n) is 13.8. The number of hydrogen-bond donors (Lipinski definition) is 2. The first-order valence-corrected chi connectivity index (χ1v) is 22.5. The van der Waals surface area contributed by atoms with Gasteiger partial charge in [0.05, 0.1) is 44.2 Å². The molecule has 3 fully saturated rings. The smallest absolute Gasteiger partial charge is 0.472 e. The second kappa shape index (κ2) is 17.2. The van der Waals surface area contributed by atoms with Crippen LogP contribution in [0.15, 0.2) is 0 Å². The van der Waals surface area contributed by atoms with Crippen molar-refractivity contribution in [2.75, 3.05) is 32.7 Å². The molecule has 0 aromatic heterocycles. The van der Waals surface area contributed by atoms with E-state index in [1.165, 1.54) is 0 Å². The van der Waals surface area contributed by atoms with E-state index in [0.29, 0.717) is 0 Å². The van der Waals surface area contributed by atoms with Crippen molar-refractivity contribution < 1.29 is 97.7 Å². The van der Waals surface area contributed by atoms with Crippen LogP contribution in [0.3, 0.4) is 0 Å². The molecular weight excluding hydrogens is 765 g/mol. The highest BCUT2D eigenvalue weighted by atomic mass is 32.5. The molecule has 3 aliphatic heterocycles. The summed E-state index contributed by atoms with van der Waals surface area (Å²) in [5.74, 6) is 0. The summed E-state index contributed by atoms with van der Waals surface area (Å²) in [5.41, 5.74) is 0. The minimum Gasteiger partial charge on any atom is -0.779 e. The zero-order chi connectivity index (χ0) is 35.4. The van der Waals surface area contributed by atoms with Crippen LogP contribution in [-0.2, 0) is 75.5 Å². The molecule has 2 N–H and O–H groups in total. The summed E-state index contributed by atoms with van der Waals surface area (Å²) < 4.78 is 110. The zero-order valence-corrected chi connectivity index (χ0v) is 30.0. The number of alkyl halides is 1. The second-order valence-electron chi connectivity index (χ2n) is 10.5. The Hall–Kier alpha value is 0.925. The van der Waals surface area contributed by atoms with Crippen LogP contribution in [-0.4, -0.2) is 105 Å². The fourth-order valence-electron chi connectivity index (χ4n) is 4.52. The molecule has 0 aliphatic carbocycles. The summed E-state index contributed by atoms with van der Waals surface area (Å²) in [5, 5.41) is 9.92. The standard InChI is InChI=1S/C19H37BFO20P5S/c1-3-42(23,24)40-45(29,30)41-46(31,47)34-10-18-15(6-19(20)37-18)39-44(27,28)33-9-17-14(5-12(7-21)36-17)38-43(25,26)32-8-16-13(22)4-11(2)35-16/h11-19,22H,3-10H2,1-2H3,(H,23,24)(H,25,26)(H,27,28)(H,29,30)(H,31,47)/p-4/t11-,12+,13-,14-,15-,16+,17+,18+,19+,46?/m0/s1. The Bertz CT molecular complexity index is 1300. The van der Waals surface area contributed by atoms with Crippen molar-refractivity contribution in [3.8, 4) is 0 Å². The summed E-state index contributed by atoms with van der Waals surface area (Å²) in [6.45, 7) is -5.64. The average Bonchev–Trinajstić information content (AvgIpc) is 3.58. The highest BCUT2D eigenvalue weighted by Gasteiger charge is 2.43. The molecule has 47 heavy (non-hydrogen) atoms. The van der Waals surface area contributed by atoms with Gasteiger partial charge in [0.25, 0.3) is 15.6 Å². The van der Waals surface area contributed by atoms with Gasteiger partial charge in [0.1, 0.15) is 53.3 Å². The van der Waals surface area contributed by atoms with E-state index in [9.17, 15) is 52.2 Å². The van der Waals surface area contributed by atoms with E-state index < -0.39 is 119 Å². The predicted octanol–water partition coefficient (Wildman–Crippen LogP) is -1.02. The van der Waals surface area contributed by atoms with Gasteiger partial charge in [0.15, 0.2) is 0 Å². The fourth-order valence-corrected chi connectivity index (χ4v) is 10.9. The van der Waals surface area contributed by atoms with Gasteiger partial charge in [-0.1, -0.05) is 18.7 Å². The molecule has 28 heteroatoms. The Morgan fingerprint density at radius 1 is 0.851 bits per heavy atom. The van der Waals surface area contributed by atoms with Crippen LogP contribution in [0.2, 0.25) is 0 Å². The van der Waals surface area contributed by atoms with Crippen LogP contribution in [0.25, 0.3) is 0 Å². The maximum absolute atomic E-state index is 13.4. The number of halogens is 1. The molecule has 3 saturated heterocycles. The quantitative estimate of drug-likeness (QED) is 0.117. The van der Waals surface area contributed by atoms with Crippen LogP contribution in [0.1, 0.15) is 33.1 Å². The summed E-state index contributed by atoms with van der Waals surface area (Å²) in [7, 11) is -15.2. The van der Waals surface area contributed by atoms with Gasteiger partial charge in [-0.2, -0.15) is 0 Å². The van der Waals surface area contributed by atoms with Gasteiger partial charge in [-0.25, -0.2) is 8.96 Å². The van der Waals surface area contributed by atoms with E-state index in [-0.39, 0.29) is 25.4 Å². The minimum atomic E-state index is -5.76. The first kappa shape index (κ1) is 42.3. The molecule has 14 atom stereocenters. The highest BCUT2D eigenvalue weighted by molar-refractivity contribution is 8.07. The Balaban J connectivity index is 1.54. The zero-order valence-electron chi connectivity index (χ0n) is 24.7. The maximum atomic E-state index is 13.4. The third-order valence-electron chi connectivity index (χ3n) is 6.63. The number of aliphatic hydroxyl groups excluding tert-OH is 1. The number of phosphoric acid groups is 3. The average molecular weight is 798 g/mol. The maximum Gasteiger partial charge on any atom is 0.472 e. The van der Waals surface area contributed by atoms with Gasteiger partial charge in [0, 0.05) is 25.0 Å². The number of ether oxygens (including phenoxy) is 3. The lowest BCUT2D eigenvalue weighted by Crippen LogP contribution is -2.33. The third-order valence-corrected chi connectivity index (χ3v) is 14.2. The van der Waals surface area contributed by atoms with E-state index >= 15 is 0 Å². The molecule has 3 aliphatic rings. The topological polar surface area (TPSA) is 293 Å². The number of hydrogen-bond acceptors (Lipinski definition) is 20. The summed E-state index contributed by atoms with van der Waals surface area (Å²) in [6.07, 6.45) is -10.2. The molecule has 5 unspecified atom stereocenters. The lowest BCUT2D eigenvalue weighted by atomic mass is 9.96. The molecule has 0 amide bonds. The summed E-state index contributed by atoms with van der Waals surface area (Å²) in [6, 6.07) is -1.16. The highest BCUT2D eigenvalue weighted by Crippen LogP contribution is 2.62. The lowest BCUT2D eigenvalue weighted by molar-refractivity contribution is -0.238. The Kier molecular flexibility index (Phi) is 15.5. The SMILES string of the molecule is [B][C@H]1C[C@H](OP(=O)([O-])OC[C@H]2O[C@@H](CF)C[C@@H]2OP(=O)(O)OC[C@H]2O[C@@H](C)C[C@@H]2O)[C@@H](COP([O-])(=S)OP(=O)([O-])OP(=O)([O-])CC)O1. The van der Waals surface area contributed by atoms with E-state index in [0.717, 1.165) is 6.92 Å². The molecule has 0 saturated carbocycles. The van der Waals surface area contributed by atoms with Gasteiger partial charge in [0.2, 0.25) is 0 Å². The molecule has 274 valence electrons. The molecular formula is C19H33BFO20P5S-4. The molecule has 0 bridgehead atoms. The largest absolute Gasteiger partial charge is 0.779 e. The van der Waals surface area contributed by atoms with Crippen molar-refractivity contribution in [3.05, 3.63) is 0 Å². The lowest BCUT2D eigenvalue weighted by Gasteiger charge is -2.37. The second-order valence-corrected chi connectivity index (χ2v) is 19.8. The molecule has 0 aromatic carbocycles. The van der Waals surface area contributed by atoms with E-state index in [1.807, 2.05) is 0 Å². The van der Waals surface area contributed by atoms with Crippen LogP contribution < -0.4 is 19.6 Å². The minimum absolute atomic E-state index is 0.277. The van der Waals surface area contributed by atoms with Crippen molar-refractivity contribution >= 4 is 57.4 Å². The van der Waals surface area contributed by atoms with Gasteiger partial charge in [-0.3, -0.25) is 26.8 Å². The van der Waals surface area contributed by atoms with E-state index in [2.05, 4.69) is 20.4 Å². The van der Waals surface area contributed by atoms with Crippen molar-refractivity contribution in [2.45, 2.75) is 87.9 Å². The van der Waals surface area contributed by atoms with Crippen LogP contribution in [0.4, 0.5) is 4.39 Å². The molecule has 3 rings (SSSR count). The third kappa shape index (κ3) is 14.1. The fraction of sp³-hybridized carbons (Fsp3) is 1.00. The molecule has 2 radical (unpaired) electrons. The number of rotatable bonds is 19. The number of phosphoric ester groups is 2. The van der Waals surface area contributed by atoms with E-state index in [4.69, 9.17) is 44.7 Å². The van der Waals surface area contributed by atoms with E-state index in [1.54, 1.807) is 6.92 Å². The summed E-state index contributed by atoms with van der Waals surface area (Å²) >= 11 is 4.44. The number of aliphatic hydroxyl groups is 1. The van der Waals surface area contributed by atoms with Gasteiger partial charge >= 0.3 is 7.82 Å². The Morgan fingerprint density at radius 3 is 2.04 bits per heavy atom. The van der Waals surface area contributed by atoms with Gasteiger partial charge in [-0.15, -0.1) is 0 Å². The van der Waals surface area contributed by atoms with Crippen molar-refractivity contribution in [1.82, 2.24) is 0 Å². The van der Waals surface area contributed by atoms with Crippen molar-refractivity contribution in [2.24, 2.45) is 0 Å². The van der Waals surface area contributed by atoms with Crippen molar-refractivity contribution in [1.29, 1.82) is 0 Å². The Morgan fingerprint density at radius 2 is 1.45 bits per heavy atom. The molecule has 3 heterocycles. The van der Waals surface area contributed by atoms with Crippen LogP contribution in [0, 0.1) is 0 Å². The predicted molar refractivity (Wildman–Crippen MR) is 150 cm³/mol. The van der Waals surface area contributed by atoms with Crippen LogP contribution >= 0.6 is 37.8 Å². The van der Waals surface area contributed by atoms with Crippen molar-refractivity contribution in [3.63, 3.8) is 0 Å². The van der Waals surface area contributed by atoms with Gasteiger partial charge < -0.3 is 61.9 Å². The monoisotopic (exact) mass is 798 g/mol. The van der Waals surface area contributed by atoms with Gasteiger partial charge in [-0.05, 0) is 13.3 Å². The van der Waals surface area contributed by atoms with Crippen LogP contribution in [0.5, 0.6) is 0 Å². The first-order chi connectivity index (χ1) is 21.5. The molecule has 20 nitrogen and oxygen atoms in total. The Labute approximate surface area is 275 Å².